The van der Waals surface area contributed by atoms with Gasteiger partial charge in [-0.2, -0.15) is 0 Å². The van der Waals surface area contributed by atoms with Crippen molar-refractivity contribution in [2.24, 2.45) is 5.73 Å². The van der Waals surface area contributed by atoms with Gasteiger partial charge in [0.25, 0.3) is 0 Å². The van der Waals surface area contributed by atoms with Crippen LogP contribution >= 0.6 is 11.6 Å². The first-order valence-corrected chi connectivity index (χ1v) is 4.91. The second-order valence-corrected chi connectivity index (χ2v) is 3.87. The third-order valence-electron chi connectivity index (χ3n) is 2.33. The summed E-state index contributed by atoms with van der Waals surface area (Å²) < 4.78 is 5.51. The van der Waals surface area contributed by atoms with Gasteiger partial charge in [0.05, 0.1) is 6.42 Å². The van der Waals surface area contributed by atoms with Crippen molar-refractivity contribution in [3.05, 3.63) is 34.5 Å². The van der Waals surface area contributed by atoms with Crippen LogP contribution in [0.15, 0.2) is 22.6 Å². The molecule has 0 fully saturated rings. The largest absolute Gasteiger partial charge is 0.460 e. The summed E-state index contributed by atoms with van der Waals surface area (Å²) in [7, 11) is 0. The monoisotopic (exact) mass is 223 g/mol. The topological polar surface area (TPSA) is 56.2 Å². The maximum Gasteiger partial charge on any atom is 0.225 e. The number of carbonyl (C=O) groups excluding carboxylic acids is 1. The molecule has 2 aromatic rings. The van der Waals surface area contributed by atoms with Crippen molar-refractivity contribution >= 4 is 28.5 Å². The van der Waals surface area contributed by atoms with Gasteiger partial charge >= 0.3 is 0 Å². The number of amides is 1. The maximum atomic E-state index is 10.8. The smallest absolute Gasteiger partial charge is 0.225 e. The first kappa shape index (κ1) is 10.1. The van der Waals surface area contributed by atoms with Crippen LogP contribution in [0.3, 0.4) is 0 Å². The standard InChI is InChI=1S/C11H10ClNO2/c1-6-8-4-7(12)2-3-9(8)15-10(6)5-11(13)14/h2-4H,5H2,1H3,(H2,13,14). The molecule has 1 amide bonds. The first-order valence-electron chi connectivity index (χ1n) is 4.54. The molecule has 0 saturated heterocycles. The summed E-state index contributed by atoms with van der Waals surface area (Å²) in [6, 6.07) is 5.36. The molecule has 2 rings (SSSR count). The van der Waals surface area contributed by atoms with Gasteiger partial charge in [-0.25, -0.2) is 0 Å². The number of halogens is 1. The normalized spacial score (nSPS) is 10.8. The predicted octanol–water partition coefficient (Wildman–Crippen LogP) is 2.42. The lowest BCUT2D eigenvalue weighted by Crippen LogP contribution is -2.13. The van der Waals surface area contributed by atoms with Gasteiger partial charge in [0.2, 0.25) is 5.91 Å². The molecule has 0 aliphatic rings. The van der Waals surface area contributed by atoms with Crippen molar-refractivity contribution in [2.45, 2.75) is 13.3 Å². The maximum absolute atomic E-state index is 10.8. The molecule has 3 nitrogen and oxygen atoms in total. The van der Waals surface area contributed by atoms with E-state index in [-0.39, 0.29) is 6.42 Å². The molecular weight excluding hydrogens is 214 g/mol. The highest BCUT2D eigenvalue weighted by atomic mass is 35.5. The zero-order valence-corrected chi connectivity index (χ0v) is 8.97. The second kappa shape index (κ2) is 3.59. The molecule has 0 bridgehead atoms. The highest BCUT2D eigenvalue weighted by Crippen LogP contribution is 2.27. The lowest BCUT2D eigenvalue weighted by atomic mass is 10.1. The quantitative estimate of drug-likeness (QED) is 0.850. The molecular formula is C11H10ClNO2. The van der Waals surface area contributed by atoms with E-state index in [4.69, 9.17) is 21.8 Å². The third-order valence-corrected chi connectivity index (χ3v) is 2.57. The van der Waals surface area contributed by atoms with Crippen LogP contribution in [-0.2, 0) is 11.2 Å². The van der Waals surface area contributed by atoms with E-state index in [1.165, 1.54) is 0 Å². The Balaban J connectivity index is 2.59. The van der Waals surface area contributed by atoms with E-state index < -0.39 is 5.91 Å². The van der Waals surface area contributed by atoms with E-state index in [9.17, 15) is 4.79 Å². The zero-order valence-electron chi connectivity index (χ0n) is 8.21. The van der Waals surface area contributed by atoms with E-state index in [1.54, 1.807) is 12.1 Å². The van der Waals surface area contributed by atoms with Crippen LogP contribution < -0.4 is 5.73 Å². The zero-order chi connectivity index (χ0) is 11.0. The molecule has 1 heterocycles. The molecule has 0 atom stereocenters. The molecule has 0 aliphatic heterocycles. The first-order chi connectivity index (χ1) is 7.08. The number of rotatable bonds is 2. The van der Waals surface area contributed by atoms with E-state index in [0.29, 0.717) is 10.8 Å². The minimum atomic E-state index is -0.400. The molecule has 4 heteroatoms. The van der Waals surface area contributed by atoms with Gasteiger partial charge in [0.15, 0.2) is 0 Å². The Labute approximate surface area is 91.8 Å². The SMILES string of the molecule is Cc1c(CC(N)=O)oc2ccc(Cl)cc12. The molecule has 0 saturated carbocycles. The molecule has 1 aromatic heterocycles. The van der Waals surface area contributed by atoms with Crippen LogP contribution in [0.5, 0.6) is 0 Å². The number of carbonyl (C=O) groups is 1. The van der Waals surface area contributed by atoms with Gasteiger partial charge in [-0.3, -0.25) is 4.79 Å². The lowest BCUT2D eigenvalue weighted by Gasteiger charge is -1.92. The second-order valence-electron chi connectivity index (χ2n) is 3.43. The number of primary amides is 1. The number of furan rings is 1. The van der Waals surface area contributed by atoms with Crippen LogP contribution in [0.4, 0.5) is 0 Å². The summed E-state index contributed by atoms with van der Waals surface area (Å²) >= 11 is 5.87. The number of benzene rings is 1. The fourth-order valence-corrected chi connectivity index (χ4v) is 1.74. The predicted molar refractivity (Wildman–Crippen MR) is 58.9 cm³/mol. The van der Waals surface area contributed by atoms with E-state index >= 15 is 0 Å². The van der Waals surface area contributed by atoms with Crippen LogP contribution in [0, 0.1) is 6.92 Å². The van der Waals surface area contributed by atoms with Crippen LogP contribution in [0.2, 0.25) is 5.02 Å². The van der Waals surface area contributed by atoms with Crippen molar-refractivity contribution in [3.8, 4) is 0 Å². The highest BCUT2D eigenvalue weighted by Gasteiger charge is 2.12. The molecule has 1 aromatic carbocycles. The number of hydrogen-bond donors (Lipinski definition) is 1. The molecule has 15 heavy (non-hydrogen) atoms. The Hall–Kier alpha value is -1.48. The fourth-order valence-electron chi connectivity index (χ4n) is 1.57. The van der Waals surface area contributed by atoms with Crippen molar-refractivity contribution in [1.29, 1.82) is 0 Å². The fraction of sp³-hybridized carbons (Fsp3) is 0.182. The number of hydrogen-bond acceptors (Lipinski definition) is 2. The third kappa shape index (κ3) is 1.83. The summed E-state index contributed by atoms with van der Waals surface area (Å²) in [6.45, 7) is 1.89. The average Bonchev–Trinajstić information content (AvgIpc) is 2.44. The molecule has 78 valence electrons. The molecule has 0 radical (unpaired) electrons. The van der Waals surface area contributed by atoms with Crippen LogP contribution in [0.25, 0.3) is 11.0 Å². The van der Waals surface area contributed by atoms with Crippen LogP contribution in [-0.4, -0.2) is 5.91 Å². The Morgan fingerprint density at radius 1 is 1.53 bits per heavy atom. The molecule has 2 N–H and O–H groups in total. The van der Waals surface area contributed by atoms with Crippen molar-refractivity contribution in [3.63, 3.8) is 0 Å². The number of fused-ring (bicyclic) bond motifs is 1. The van der Waals surface area contributed by atoms with Crippen molar-refractivity contribution in [1.82, 2.24) is 0 Å². The molecule has 0 spiro atoms. The van der Waals surface area contributed by atoms with Crippen LogP contribution in [0.1, 0.15) is 11.3 Å². The van der Waals surface area contributed by atoms with E-state index in [1.807, 2.05) is 13.0 Å². The Bertz CT molecular complexity index is 531. The molecule has 0 aliphatic carbocycles. The van der Waals surface area contributed by atoms with E-state index in [2.05, 4.69) is 0 Å². The van der Waals surface area contributed by atoms with Crippen molar-refractivity contribution < 1.29 is 9.21 Å². The summed E-state index contributed by atoms with van der Waals surface area (Å²) in [5.74, 6) is 0.211. The Morgan fingerprint density at radius 2 is 2.27 bits per heavy atom. The molecule has 0 unspecified atom stereocenters. The average molecular weight is 224 g/mol. The van der Waals surface area contributed by atoms with Gasteiger partial charge < -0.3 is 10.2 Å². The highest BCUT2D eigenvalue weighted by molar-refractivity contribution is 6.31. The van der Waals surface area contributed by atoms with Gasteiger partial charge in [0, 0.05) is 10.4 Å². The van der Waals surface area contributed by atoms with Gasteiger partial charge in [-0.15, -0.1) is 0 Å². The van der Waals surface area contributed by atoms with Gasteiger partial charge in [-0.05, 0) is 30.7 Å². The summed E-state index contributed by atoms with van der Waals surface area (Å²) in [4.78, 5) is 10.8. The summed E-state index contributed by atoms with van der Waals surface area (Å²) in [5.41, 5.74) is 6.77. The van der Waals surface area contributed by atoms with Gasteiger partial charge in [0.1, 0.15) is 11.3 Å². The van der Waals surface area contributed by atoms with Gasteiger partial charge in [-0.1, -0.05) is 11.6 Å². The minimum Gasteiger partial charge on any atom is -0.460 e. The Morgan fingerprint density at radius 3 is 2.93 bits per heavy atom. The number of aryl methyl sites for hydroxylation is 1. The lowest BCUT2D eigenvalue weighted by molar-refractivity contribution is -0.117. The summed E-state index contributed by atoms with van der Waals surface area (Å²) in [5, 5.41) is 1.58. The van der Waals surface area contributed by atoms with E-state index in [0.717, 1.165) is 16.5 Å². The van der Waals surface area contributed by atoms with Crippen molar-refractivity contribution in [2.75, 3.05) is 0 Å². The minimum absolute atomic E-state index is 0.123. The number of nitrogens with two attached hydrogens (primary N) is 1. The Kier molecular flexibility index (Phi) is 2.40. The summed E-state index contributed by atoms with van der Waals surface area (Å²) in [6.07, 6.45) is 0.123.